The van der Waals surface area contributed by atoms with Gasteiger partial charge in [0, 0.05) is 0 Å². The van der Waals surface area contributed by atoms with Gasteiger partial charge in [-0.15, -0.1) is 0 Å². The largest absolute Gasteiger partial charge is 0.469 e. The molecule has 0 aliphatic heterocycles. The maximum atomic E-state index is 12.8. The lowest BCUT2D eigenvalue weighted by Crippen LogP contribution is -2.19. The highest BCUT2D eigenvalue weighted by Crippen LogP contribution is 2.36. The van der Waals surface area contributed by atoms with Gasteiger partial charge >= 0.3 is 12.1 Å². The quantitative estimate of drug-likeness (QED) is 0.668. The molecule has 1 rings (SSSR count). The Bertz CT molecular complexity index is 420. The molecule has 1 unspecified atom stereocenters. The molecule has 0 radical (unpaired) electrons. The van der Waals surface area contributed by atoms with Crippen LogP contribution in [0.25, 0.3) is 0 Å². The first-order valence-corrected chi connectivity index (χ1v) is 4.98. The summed E-state index contributed by atoms with van der Waals surface area (Å²) in [6.07, 6.45) is -6.13. The van der Waals surface area contributed by atoms with Crippen LogP contribution in [0.3, 0.4) is 0 Å². The van der Waals surface area contributed by atoms with Gasteiger partial charge in [0.2, 0.25) is 0 Å². The zero-order chi connectivity index (χ0) is 13.8. The molecular weight excluding hydrogens is 251 g/mol. The molecule has 100 valence electrons. The topological polar surface area (TPSA) is 61.5 Å². The second-order valence-electron chi connectivity index (χ2n) is 3.49. The average Bonchev–Trinajstić information content (AvgIpc) is 2.34. The molecule has 0 aliphatic rings. The van der Waals surface area contributed by atoms with Crippen molar-refractivity contribution in [1.29, 1.82) is 0 Å². The zero-order valence-corrected chi connectivity index (χ0v) is 9.53. The van der Waals surface area contributed by atoms with E-state index in [1.54, 1.807) is 0 Å². The Kier molecular flexibility index (Phi) is 4.69. The van der Waals surface area contributed by atoms with Crippen molar-refractivity contribution in [1.82, 2.24) is 0 Å². The van der Waals surface area contributed by atoms with Crippen LogP contribution in [0.2, 0.25) is 0 Å². The number of carbonyl (C=O) groups is 1. The van der Waals surface area contributed by atoms with Gasteiger partial charge in [0.05, 0.1) is 19.1 Å². The van der Waals surface area contributed by atoms with Crippen molar-refractivity contribution in [2.24, 2.45) is 5.90 Å². The average molecular weight is 263 g/mol. The van der Waals surface area contributed by atoms with E-state index in [9.17, 15) is 18.0 Å². The maximum Gasteiger partial charge on any atom is 0.416 e. The van der Waals surface area contributed by atoms with Gasteiger partial charge in [-0.25, -0.2) is 5.90 Å². The van der Waals surface area contributed by atoms with Crippen molar-refractivity contribution in [2.75, 3.05) is 7.11 Å². The first kappa shape index (κ1) is 14.5. The van der Waals surface area contributed by atoms with E-state index in [1.165, 1.54) is 18.2 Å². The summed E-state index contributed by atoms with van der Waals surface area (Å²) in [5, 5.41) is 0. The summed E-state index contributed by atoms with van der Waals surface area (Å²) in [5.41, 5.74) is -1.08. The Labute approximate surface area is 101 Å². The molecule has 7 heteroatoms. The van der Waals surface area contributed by atoms with E-state index in [0.29, 0.717) is 0 Å². The van der Waals surface area contributed by atoms with Crippen LogP contribution in [0, 0.1) is 0 Å². The minimum atomic E-state index is -4.54. The molecule has 0 saturated carbocycles. The number of methoxy groups -OCH3 is 1. The normalized spacial score (nSPS) is 13.2. The lowest BCUT2D eigenvalue weighted by Gasteiger charge is -2.18. The molecule has 0 aliphatic carbocycles. The van der Waals surface area contributed by atoms with Gasteiger partial charge in [0.15, 0.2) is 0 Å². The van der Waals surface area contributed by atoms with Gasteiger partial charge in [-0.2, -0.15) is 13.2 Å². The number of alkyl halides is 3. The molecule has 0 fully saturated rings. The van der Waals surface area contributed by atoms with Crippen molar-refractivity contribution < 1.29 is 27.5 Å². The van der Waals surface area contributed by atoms with Crippen molar-refractivity contribution in [3.8, 4) is 0 Å². The summed E-state index contributed by atoms with van der Waals surface area (Å²) >= 11 is 0. The highest BCUT2D eigenvalue weighted by atomic mass is 19.4. The van der Waals surface area contributed by atoms with Gasteiger partial charge in [-0.05, 0) is 11.6 Å². The smallest absolute Gasteiger partial charge is 0.416 e. The van der Waals surface area contributed by atoms with E-state index in [2.05, 4.69) is 9.57 Å². The predicted octanol–water partition coefficient (Wildman–Crippen LogP) is 2.20. The number of hydrogen-bond acceptors (Lipinski definition) is 4. The molecule has 4 nitrogen and oxygen atoms in total. The van der Waals surface area contributed by atoms with Crippen LogP contribution < -0.4 is 5.90 Å². The van der Waals surface area contributed by atoms with Gasteiger partial charge in [-0.3, -0.25) is 9.63 Å². The van der Waals surface area contributed by atoms with Gasteiger partial charge in [0.1, 0.15) is 6.10 Å². The van der Waals surface area contributed by atoms with Gasteiger partial charge < -0.3 is 4.74 Å². The molecule has 0 spiro atoms. The third kappa shape index (κ3) is 3.44. The zero-order valence-electron chi connectivity index (χ0n) is 9.53. The number of ether oxygens (including phenoxy) is 1. The number of hydrogen-bond donors (Lipinski definition) is 1. The maximum absolute atomic E-state index is 12.8. The molecule has 1 aromatic rings. The number of carbonyl (C=O) groups excluding carboxylic acids is 1. The fourth-order valence-corrected chi connectivity index (χ4v) is 1.50. The summed E-state index contributed by atoms with van der Waals surface area (Å²) in [6.45, 7) is 0. The molecule has 0 aromatic heterocycles. The molecule has 0 amide bonds. The summed E-state index contributed by atoms with van der Waals surface area (Å²) in [4.78, 5) is 15.5. The monoisotopic (exact) mass is 263 g/mol. The van der Waals surface area contributed by atoms with E-state index < -0.39 is 23.8 Å². The standard InChI is InChI=1S/C11H12F3NO3/c1-17-10(16)6-9(18-15)7-4-2-3-5-8(7)11(12,13)14/h2-5,9H,6,15H2,1H3. The summed E-state index contributed by atoms with van der Waals surface area (Å²) in [5.74, 6) is 4.24. The van der Waals surface area contributed by atoms with E-state index in [0.717, 1.165) is 13.2 Å². The van der Waals surface area contributed by atoms with Crippen LogP contribution in [0.1, 0.15) is 23.7 Å². The molecular formula is C11H12F3NO3. The number of rotatable bonds is 4. The van der Waals surface area contributed by atoms with Crippen molar-refractivity contribution >= 4 is 5.97 Å². The number of nitrogens with two attached hydrogens (primary N) is 1. The third-order valence-corrected chi connectivity index (χ3v) is 2.36. The van der Waals surface area contributed by atoms with Crippen LogP contribution in [-0.2, 0) is 20.5 Å². The molecule has 2 N–H and O–H groups in total. The number of esters is 1. The molecule has 0 heterocycles. The van der Waals surface area contributed by atoms with Crippen LogP contribution >= 0.6 is 0 Å². The summed E-state index contributed by atoms with van der Waals surface area (Å²) < 4.78 is 42.6. The van der Waals surface area contributed by atoms with Gasteiger partial charge in [0.25, 0.3) is 0 Å². The first-order valence-electron chi connectivity index (χ1n) is 4.98. The third-order valence-electron chi connectivity index (χ3n) is 2.36. The Morgan fingerprint density at radius 3 is 2.50 bits per heavy atom. The van der Waals surface area contributed by atoms with Crippen LogP contribution in [-0.4, -0.2) is 13.1 Å². The van der Waals surface area contributed by atoms with E-state index in [-0.39, 0.29) is 12.0 Å². The van der Waals surface area contributed by atoms with E-state index in [1.807, 2.05) is 0 Å². The van der Waals surface area contributed by atoms with Crippen molar-refractivity contribution in [2.45, 2.75) is 18.7 Å². The summed E-state index contributed by atoms with van der Waals surface area (Å²) in [6, 6.07) is 4.77. The second kappa shape index (κ2) is 5.83. The van der Waals surface area contributed by atoms with Crippen LogP contribution in [0.15, 0.2) is 24.3 Å². The van der Waals surface area contributed by atoms with E-state index in [4.69, 9.17) is 5.90 Å². The molecule has 18 heavy (non-hydrogen) atoms. The molecule has 1 aromatic carbocycles. The molecule has 0 saturated heterocycles. The van der Waals surface area contributed by atoms with Crippen LogP contribution in [0.4, 0.5) is 13.2 Å². The Balaban J connectivity index is 3.10. The molecule has 0 bridgehead atoms. The van der Waals surface area contributed by atoms with E-state index >= 15 is 0 Å². The summed E-state index contributed by atoms with van der Waals surface area (Å²) in [7, 11) is 1.13. The number of benzene rings is 1. The second-order valence-corrected chi connectivity index (χ2v) is 3.49. The van der Waals surface area contributed by atoms with Crippen molar-refractivity contribution in [3.05, 3.63) is 35.4 Å². The highest BCUT2D eigenvalue weighted by Gasteiger charge is 2.35. The first-order chi connectivity index (χ1) is 8.40. The minimum Gasteiger partial charge on any atom is -0.469 e. The molecule has 1 atom stereocenters. The minimum absolute atomic E-state index is 0.196. The Morgan fingerprint density at radius 2 is 2.00 bits per heavy atom. The number of halogens is 3. The Hall–Kier alpha value is -1.60. The van der Waals surface area contributed by atoms with Crippen molar-refractivity contribution in [3.63, 3.8) is 0 Å². The van der Waals surface area contributed by atoms with Gasteiger partial charge in [-0.1, -0.05) is 18.2 Å². The highest BCUT2D eigenvalue weighted by molar-refractivity contribution is 5.70. The lowest BCUT2D eigenvalue weighted by molar-refractivity contribution is -0.146. The SMILES string of the molecule is COC(=O)CC(ON)c1ccccc1C(F)(F)F. The fourth-order valence-electron chi connectivity index (χ4n) is 1.50. The van der Waals surface area contributed by atoms with Crippen LogP contribution in [0.5, 0.6) is 0 Å². The lowest BCUT2D eigenvalue weighted by atomic mass is 10.00. The fraction of sp³-hybridized carbons (Fsp3) is 0.364. The Morgan fingerprint density at radius 1 is 1.39 bits per heavy atom. The predicted molar refractivity (Wildman–Crippen MR) is 56.1 cm³/mol.